The van der Waals surface area contributed by atoms with Crippen LogP contribution < -0.4 is 10.6 Å². The van der Waals surface area contributed by atoms with E-state index >= 15 is 0 Å². The molecule has 0 bridgehead atoms. The molecule has 7 nitrogen and oxygen atoms in total. The van der Waals surface area contributed by atoms with Crippen molar-refractivity contribution in [2.75, 3.05) is 25.0 Å². The van der Waals surface area contributed by atoms with Gasteiger partial charge in [-0.1, -0.05) is 17.7 Å². The van der Waals surface area contributed by atoms with E-state index in [1.165, 1.54) is 18.7 Å². The van der Waals surface area contributed by atoms with E-state index < -0.39 is 12.0 Å². The van der Waals surface area contributed by atoms with Crippen molar-refractivity contribution in [3.63, 3.8) is 0 Å². The van der Waals surface area contributed by atoms with Crippen LogP contribution in [0.2, 0.25) is 5.02 Å². The standard InChI is InChI=1S/C16H22ClN3O4/c1-10-13(17)5-4-6-14(10)19-15(22)9-20(11(2)16(23)24)8-7-18-12(3)21/h4-6,11H,7-9H2,1-3H3,(H,18,21)(H,19,22)(H,23,24). The minimum absolute atomic E-state index is 0.112. The van der Waals surface area contributed by atoms with Crippen molar-refractivity contribution in [1.82, 2.24) is 10.2 Å². The van der Waals surface area contributed by atoms with E-state index in [-0.39, 0.29) is 31.4 Å². The third-order valence-electron chi connectivity index (χ3n) is 3.57. The second kappa shape index (κ2) is 9.24. The van der Waals surface area contributed by atoms with Crippen LogP contribution in [0.1, 0.15) is 19.4 Å². The highest BCUT2D eigenvalue weighted by Gasteiger charge is 2.23. The maximum atomic E-state index is 12.2. The molecule has 0 aliphatic carbocycles. The number of rotatable bonds is 8. The van der Waals surface area contributed by atoms with E-state index in [4.69, 9.17) is 16.7 Å². The van der Waals surface area contributed by atoms with Gasteiger partial charge in [0.2, 0.25) is 11.8 Å². The molecule has 1 atom stereocenters. The Morgan fingerprint density at radius 2 is 2.00 bits per heavy atom. The number of carbonyl (C=O) groups is 3. The number of amides is 2. The fourth-order valence-electron chi connectivity index (χ4n) is 2.06. The Hall–Kier alpha value is -2.12. The molecule has 1 unspecified atom stereocenters. The molecule has 8 heteroatoms. The van der Waals surface area contributed by atoms with Gasteiger partial charge >= 0.3 is 5.97 Å². The second-order valence-electron chi connectivity index (χ2n) is 5.43. The van der Waals surface area contributed by atoms with Crippen molar-refractivity contribution in [2.24, 2.45) is 0 Å². The number of halogens is 1. The smallest absolute Gasteiger partial charge is 0.320 e. The highest BCUT2D eigenvalue weighted by atomic mass is 35.5. The summed E-state index contributed by atoms with van der Waals surface area (Å²) in [4.78, 5) is 35.8. The van der Waals surface area contributed by atoms with Crippen LogP contribution in [-0.2, 0) is 14.4 Å². The number of carbonyl (C=O) groups excluding carboxylic acids is 2. The molecule has 0 heterocycles. The summed E-state index contributed by atoms with van der Waals surface area (Å²) in [6, 6.07) is 4.31. The highest BCUT2D eigenvalue weighted by molar-refractivity contribution is 6.31. The van der Waals surface area contributed by atoms with Gasteiger partial charge in [-0.05, 0) is 31.5 Å². The van der Waals surface area contributed by atoms with Gasteiger partial charge in [0, 0.05) is 30.7 Å². The number of hydrogen-bond acceptors (Lipinski definition) is 4. The zero-order valence-corrected chi connectivity index (χ0v) is 14.7. The first-order chi connectivity index (χ1) is 11.2. The predicted molar refractivity (Wildman–Crippen MR) is 92.2 cm³/mol. The Bertz CT molecular complexity index is 621. The molecular formula is C16H22ClN3O4. The summed E-state index contributed by atoms with van der Waals surface area (Å²) in [6.45, 7) is 5.05. The number of aliphatic carboxylic acids is 1. The van der Waals surface area contributed by atoms with Crippen LogP contribution in [0.3, 0.4) is 0 Å². The molecule has 0 fully saturated rings. The Kier molecular flexibility index (Phi) is 7.67. The zero-order valence-electron chi connectivity index (χ0n) is 13.9. The number of nitrogens with zero attached hydrogens (tertiary/aromatic N) is 1. The third-order valence-corrected chi connectivity index (χ3v) is 3.98. The average molecular weight is 356 g/mol. The van der Waals surface area contributed by atoms with Gasteiger partial charge in [-0.3, -0.25) is 19.3 Å². The largest absolute Gasteiger partial charge is 0.480 e. The van der Waals surface area contributed by atoms with E-state index in [0.29, 0.717) is 10.7 Å². The molecule has 132 valence electrons. The van der Waals surface area contributed by atoms with Gasteiger partial charge in [0.05, 0.1) is 6.54 Å². The zero-order chi connectivity index (χ0) is 18.3. The lowest BCUT2D eigenvalue weighted by Crippen LogP contribution is -2.46. The SMILES string of the molecule is CC(=O)NCCN(CC(=O)Nc1cccc(Cl)c1C)C(C)C(=O)O. The molecular weight excluding hydrogens is 334 g/mol. The van der Waals surface area contributed by atoms with Crippen LogP contribution in [0.15, 0.2) is 18.2 Å². The topological polar surface area (TPSA) is 98.7 Å². The van der Waals surface area contributed by atoms with Crippen LogP contribution >= 0.6 is 11.6 Å². The molecule has 0 aliphatic heterocycles. The van der Waals surface area contributed by atoms with Crippen molar-refractivity contribution >= 4 is 35.1 Å². The lowest BCUT2D eigenvalue weighted by atomic mass is 10.2. The second-order valence-corrected chi connectivity index (χ2v) is 5.84. The van der Waals surface area contributed by atoms with Gasteiger partial charge < -0.3 is 15.7 Å². The van der Waals surface area contributed by atoms with Crippen molar-refractivity contribution in [1.29, 1.82) is 0 Å². The molecule has 1 aromatic carbocycles. The summed E-state index contributed by atoms with van der Waals surface area (Å²) < 4.78 is 0. The Labute approximate surface area is 146 Å². The maximum absolute atomic E-state index is 12.2. The van der Waals surface area contributed by atoms with Gasteiger partial charge in [-0.25, -0.2) is 0 Å². The first-order valence-corrected chi connectivity index (χ1v) is 7.86. The quantitative estimate of drug-likeness (QED) is 0.656. The van der Waals surface area contributed by atoms with Crippen molar-refractivity contribution in [3.05, 3.63) is 28.8 Å². The molecule has 0 spiro atoms. The fraction of sp³-hybridized carbons (Fsp3) is 0.438. The lowest BCUT2D eigenvalue weighted by Gasteiger charge is -2.25. The van der Waals surface area contributed by atoms with Crippen LogP contribution in [0, 0.1) is 6.92 Å². The van der Waals surface area contributed by atoms with Crippen LogP contribution in [0.5, 0.6) is 0 Å². The molecule has 2 amide bonds. The monoisotopic (exact) mass is 355 g/mol. The van der Waals surface area contributed by atoms with Gasteiger partial charge in [-0.2, -0.15) is 0 Å². The molecule has 0 saturated carbocycles. The lowest BCUT2D eigenvalue weighted by molar-refractivity contribution is -0.142. The van der Waals surface area contributed by atoms with E-state index in [1.807, 2.05) is 0 Å². The minimum atomic E-state index is -1.04. The molecule has 0 saturated heterocycles. The molecule has 24 heavy (non-hydrogen) atoms. The Balaban J connectivity index is 2.73. The normalized spacial score (nSPS) is 11.9. The summed E-state index contributed by atoms with van der Waals surface area (Å²) >= 11 is 6.01. The Morgan fingerprint density at radius 3 is 2.58 bits per heavy atom. The Morgan fingerprint density at radius 1 is 1.33 bits per heavy atom. The van der Waals surface area contributed by atoms with E-state index in [1.54, 1.807) is 25.1 Å². The van der Waals surface area contributed by atoms with E-state index in [0.717, 1.165) is 5.56 Å². The van der Waals surface area contributed by atoms with Crippen molar-refractivity contribution in [2.45, 2.75) is 26.8 Å². The number of nitrogens with one attached hydrogen (secondary N) is 2. The third kappa shape index (κ3) is 6.17. The molecule has 0 radical (unpaired) electrons. The van der Waals surface area contributed by atoms with E-state index in [2.05, 4.69) is 10.6 Å². The first-order valence-electron chi connectivity index (χ1n) is 7.48. The average Bonchev–Trinajstić information content (AvgIpc) is 2.49. The number of hydrogen-bond donors (Lipinski definition) is 3. The number of carboxylic acid groups (broad SMARTS) is 1. The van der Waals surface area contributed by atoms with E-state index in [9.17, 15) is 14.4 Å². The van der Waals surface area contributed by atoms with Crippen LogP contribution in [0.25, 0.3) is 0 Å². The number of anilines is 1. The fourth-order valence-corrected chi connectivity index (χ4v) is 2.23. The summed E-state index contributed by atoms with van der Waals surface area (Å²) in [5, 5.41) is 15.0. The van der Waals surface area contributed by atoms with Gasteiger partial charge in [-0.15, -0.1) is 0 Å². The van der Waals surface area contributed by atoms with Crippen molar-refractivity contribution < 1.29 is 19.5 Å². The molecule has 0 aromatic heterocycles. The molecule has 0 aliphatic rings. The highest BCUT2D eigenvalue weighted by Crippen LogP contribution is 2.22. The van der Waals surface area contributed by atoms with Gasteiger partial charge in [0.1, 0.15) is 6.04 Å². The summed E-state index contributed by atoms with van der Waals surface area (Å²) in [7, 11) is 0. The summed E-state index contributed by atoms with van der Waals surface area (Å²) in [5.41, 5.74) is 1.32. The molecule has 1 aromatic rings. The van der Waals surface area contributed by atoms with Gasteiger partial charge in [0.25, 0.3) is 0 Å². The van der Waals surface area contributed by atoms with Crippen LogP contribution in [0.4, 0.5) is 5.69 Å². The summed E-state index contributed by atoms with van der Waals surface area (Å²) in [5.74, 6) is -1.60. The number of carboxylic acids is 1. The minimum Gasteiger partial charge on any atom is -0.480 e. The summed E-state index contributed by atoms with van der Waals surface area (Å²) in [6.07, 6.45) is 0. The first kappa shape index (κ1) is 19.9. The van der Waals surface area contributed by atoms with Crippen molar-refractivity contribution in [3.8, 4) is 0 Å². The molecule has 1 rings (SSSR count). The maximum Gasteiger partial charge on any atom is 0.320 e. The molecule has 3 N–H and O–H groups in total. The predicted octanol–water partition coefficient (Wildman–Crippen LogP) is 1.50. The van der Waals surface area contributed by atoms with Gasteiger partial charge in [0.15, 0.2) is 0 Å². The van der Waals surface area contributed by atoms with Crippen LogP contribution in [-0.4, -0.2) is 53.5 Å². The number of benzene rings is 1.